The van der Waals surface area contributed by atoms with Crippen molar-refractivity contribution in [2.24, 2.45) is 5.92 Å². The van der Waals surface area contributed by atoms with Crippen LogP contribution in [0.2, 0.25) is 0 Å². The van der Waals surface area contributed by atoms with E-state index in [4.69, 9.17) is 0 Å². The van der Waals surface area contributed by atoms with Crippen molar-refractivity contribution in [3.05, 3.63) is 0 Å². The molecule has 0 atom stereocenters. The molecule has 0 aromatic rings. The minimum Gasteiger partial charge on any atom is -0.317 e. The van der Waals surface area contributed by atoms with Gasteiger partial charge in [-0.1, -0.05) is 0 Å². The van der Waals surface area contributed by atoms with Crippen LogP contribution in [0.3, 0.4) is 0 Å². The summed E-state index contributed by atoms with van der Waals surface area (Å²) >= 11 is 0.115. The molecule has 1 heterocycles. The molecule has 0 spiro atoms. The zero-order valence-corrected chi connectivity index (χ0v) is 11.3. The zero-order valence-electron chi connectivity index (χ0n) is 10.5. The third kappa shape index (κ3) is 5.36. The maximum Gasteiger partial charge on any atom is 0.441 e. The van der Waals surface area contributed by atoms with E-state index in [0.717, 1.165) is 32.5 Å². The zero-order chi connectivity index (χ0) is 13.0. The van der Waals surface area contributed by atoms with Gasteiger partial charge in [0.15, 0.2) is 0 Å². The van der Waals surface area contributed by atoms with Crippen LogP contribution in [0.1, 0.15) is 25.7 Å². The van der Waals surface area contributed by atoms with Gasteiger partial charge in [0.1, 0.15) is 0 Å². The van der Waals surface area contributed by atoms with E-state index >= 15 is 0 Å². The number of hydrogen-bond acceptors (Lipinski definition) is 3. The topological polar surface area (TPSA) is 15.3 Å². The Morgan fingerprint density at radius 1 is 1.11 bits per heavy atom. The molecule has 0 amide bonds. The van der Waals surface area contributed by atoms with Gasteiger partial charge in [0.05, 0.1) is 0 Å². The summed E-state index contributed by atoms with van der Waals surface area (Å²) in [5.74, 6) is 0.841. The molecule has 2 nitrogen and oxygen atoms in total. The smallest absolute Gasteiger partial charge is 0.317 e. The lowest BCUT2D eigenvalue weighted by molar-refractivity contribution is -0.0329. The molecule has 106 valence electrons. The van der Waals surface area contributed by atoms with Gasteiger partial charge in [-0.3, -0.25) is 4.90 Å². The molecule has 1 saturated carbocycles. The standard InChI is InChI=1S/C12H21F3N2S/c13-12(14,15)18-8-7-17(11-1-2-11)9-10-3-5-16-6-4-10/h10-11,16H,1-9H2. The quantitative estimate of drug-likeness (QED) is 0.806. The van der Waals surface area contributed by atoms with Crippen LogP contribution in [0.5, 0.6) is 0 Å². The van der Waals surface area contributed by atoms with E-state index < -0.39 is 5.51 Å². The molecule has 2 fully saturated rings. The monoisotopic (exact) mass is 282 g/mol. The summed E-state index contributed by atoms with van der Waals surface area (Å²) in [6.07, 6.45) is 4.66. The molecule has 1 saturated heterocycles. The highest BCUT2D eigenvalue weighted by atomic mass is 32.2. The van der Waals surface area contributed by atoms with Gasteiger partial charge in [0, 0.05) is 24.9 Å². The summed E-state index contributed by atoms with van der Waals surface area (Å²) in [6.45, 7) is 3.69. The van der Waals surface area contributed by atoms with Crippen molar-refractivity contribution in [2.75, 3.05) is 31.9 Å². The predicted octanol–water partition coefficient (Wildman–Crippen LogP) is 2.70. The van der Waals surface area contributed by atoms with E-state index in [1.807, 2.05) is 0 Å². The van der Waals surface area contributed by atoms with Gasteiger partial charge in [0.2, 0.25) is 0 Å². The van der Waals surface area contributed by atoms with Gasteiger partial charge in [-0.25, -0.2) is 0 Å². The van der Waals surface area contributed by atoms with Gasteiger partial charge in [-0.05, 0) is 56.5 Å². The first-order valence-electron chi connectivity index (χ1n) is 6.70. The van der Waals surface area contributed by atoms with Gasteiger partial charge in [0.25, 0.3) is 0 Å². The fourth-order valence-electron chi connectivity index (χ4n) is 2.54. The third-order valence-electron chi connectivity index (χ3n) is 3.66. The van der Waals surface area contributed by atoms with Crippen LogP contribution >= 0.6 is 11.8 Å². The second-order valence-corrected chi connectivity index (χ2v) is 6.37. The first-order valence-corrected chi connectivity index (χ1v) is 7.68. The van der Waals surface area contributed by atoms with Crippen molar-refractivity contribution in [1.82, 2.24) is 10.2 Å². The average molecular weight is 282 g/mol. The molecule has 0 bridgehead atoms. The fraction of sp³-hybridized carbons (Fsp3) is 1.00. The molecule has 18 heavy (non-hydrogen) atoms. The second-order valence-electron chi connectivity index (χ2n) is 5.21. The Morgan fingerprint density at radius 2 is 1.78 bits per heavy atom. The lowest BCUT2D eigenvalue weighted by Crippen LogP contribution is -2.38. The molecule has 0 unspecified atom stereocenters. The maximum absolute atomic E-state index is 12.1. The molecule has 1 aliphatic heterocycles. The highest BCUT2D eigenvalue weighted by molar-refractivity contribution is 8.00. The summed E-state index contributed by atoms with van der Waals surface area (Å²) in [6, 6.07) is 0.564. The minimum atomic E-state index is -4.08. The summed E-state index contributed by atoms with van der Waals surface area (Å²) in [5.41, 5.74) is -4.08. The predicted molar refractivity (Wildman–Crippen MR) is 68.7 cm³/mol. The number of alkyl halides is 3. The van der Waals surface area contributed by atoms with Crippen molar-refractivity contribution >= 4 is 11.8 Å². The number of piperidine rings is 1. The van der Waals surface area contributed by atoms with Gasteiger partial charge in [-0.15, -0.1) is 0 Å². The van der Waals surface area contributed by atoms with E-state index in [-0.39, 0.29) is 17.5 Å². The van der Waals surface area contributed by atoms with Crippen molar-refractivity contribution in [3.63, 3.8) is 0 Å². The van der Waals surface area contributed by atoms with E-state index in [0.29, 0.717) is 18.5 Å². The second kappa shape index (κ2) is 6.48. The molecule has 0 radical (unpaired) electrons. The Kier molecular flexibility index (Phi) is 5.21. The molecule has 1 N–H and O–H groups in total. The van der Waals surface area contributed by atoms with Crippen molar-refractivity contribution in [3.8, 4) is 0 Å². The molecular weight excluding hydrogens is 261 g/mol. The van der Waals surface area contributed by atoms with Crippen LogP contribution in [0.25, 0.3) is 0 Å². The molecule has 1 aliphatic carbocycles. The number of halogens is 3. The lowest BCUT2D eigenvalue weighted by atomic mass is 9.97. The van der Waals surface area contributed by atoms with Crippen LogP contribution in [-0.4, -0.2) is 48.4 Å². The third-order valence-corrected chi connectivity index (χ3v) is 4.37. The maximum atomic E-state index is 12.1. The average Bonchev–Trinajstić information content (AvgIpc) is 3.11. The Bertz CT molecular complexity index is 250. The van der Waals surface area contributed by atoms with Gasteiger partial charge >= 0.3 is 5.51 Å². The highest BCUT2D eigenvalue weighted by Crippen LogP contribution is 2.32. The lowest BCUT2D eigenvalue weighted by Gasteiger charge is -2.30. The number of hydrogen-bond donors (Lipinski definition) is 1. The van der Waals surface area contributed by atoms with Gasteiger partial charge < -0.3 is 5.32 Å². The molecule has 0 aromatic carbocycles. The first-order chi connectivity index (χ1) is 8.54. The number of rotatable bonds is 6. The minimum absolute atomic E-state index is 0.115. The molecule has 6 heteroatoms. The summed E-state index contributed by atoms with van der Waals surface area (Å²) in [5, 5.41) is 3.32. The molecule has 2 rings (SSSR count). The van der Waals surface area contributed by atoms with Gasteiger partial charge in [-0.2, -0.15) is 13.2 Å². The summed E-state index contributed by atoms with van der Waals surface area (Å²) in [7, 11) is 0. The van der Waals surface area contributed by atoms with E-state index in [1.165, 1.54) is 12.8 Å². The van der Waals surface area contributed by atoms with Crippen LogP contribution in [0, 0.1) is 5.92 Å². The van der Waals surface area contributed by atoms with Crippen LogP contribution < -0.4 is 5.32 Å². The largest absolute Gasteiger partial charge is 0.441 e. The van der Waals surface area contributed by atoms with Crippen LogP contribution in [-0.2, 0) is 0 Å². The van der Waals surface area contributed by atoms with E-state index in [1.54, 1.807) is 0 Å². The number of thioether (sulfide) groups is 1. The summed E-state index contributed by atoms with van der Waals surface area (Å²) in [4.78, 5) is 2.29. The number of nitrogens with zero attached hydrogens (tertiary/aromatic N) is 1. The van der Waals surface area contributed by atoms with Crippen LogP contribution in [0.15, 0.2) is 0 Å². The highest BCUT2D eigenvalue weighted by Gasteiger charge is 2.32. The van der Waals surface area contributed by atoms with Crippen molar-refractivity contribution < 1.29 is 13.2 Å². The Morgan fingerprint density at radius 3 is 2.33 bits per heavy atom. The van der Waals surface area contributed by atoms with Crippen LogP contribution in [0.4, 0.5) is 13.2 Å². The molecule has 2 aliphatic rings. The molecule has 0 aromatic heterocycles. The molecular formula is C12H21F3N2S. The van der Waals surface area contributed by atoms with Crippen molar-refractivity contribution in [1.29, 1.82) is 0 Å². The first kappa shape index (κ1) is 14.5. The Labute approximate surface area is 111 Å². The van der Waals surface area contributed by atoms with Crippen molar-refractivity contribution in [2.45, 2.75) is 37.2 Å². The summed E-state index contributed by atoms with van der Waals surface area (Å²) < 4.78 is 36.4. The normalized spacial score (nSPS) is 22.7. The Hall–Kier alpha value is 0.0600. The number of nitrogens with one attached hydrogen (secondary N) is 1. The SMILES string of the molecule is FC(F)(F)SCCN(CC1CCNCC1)C1CC1. The fourth-order valence-corrected chi connectivity index (χ4v) is 3.09. The van der Waals surface area contributed by atoms with E-state index in [2.05, 4.69) is 10.2 Å². The van der Waals surface area contributed by atoms with E-state index in [9.17, 15) is 13.2 Å². The Balaban J connectivity index is 1.70.